The summed E-state index contributed by atoms with van der Waals surface area (Å²) in [5, 5.41) is 5.49. The SMILES string of the molecule is CS(=O)(=O)NCCNCc1cccc2cnccc12. The Morgan fingerprint density at radius 3 is 2.84 bits per heavy atom. The first kappa shape index (κ1) is 13.9. The van der Waals surface area contributed by atoms with E-state index in [-0.39, 0.29) is 0 Å². The van der Waals surface area contributed by atoms with Crippen molar-refractivity contribution in [2.24, 2.45) is 0 Å². The summed E-state index contributed by atoms with van der Waals surface area (Å²) in [5.41, 5.74) is 1.18. The van der Waals surface area contributed by atoms with E-state index in [2.05, 4.69) is 21.1 Å². The lowest BCUT2D eigenvalue weighted by atomic mass is 10.1. The molecular formula is C13H17N3O2S. The van der Waals surface area contributed by atoms with E-state index < -0.39 is 10.0 Å². The quantitative estimate of drug-likeness (QED) is 0.770. The van der Waals surface area contributed by atoms with Crippen molar-refractivity contribution in [1.29, 1.82) is 0 Å². The van der Waals surface area contributed by atoms with Gasteiger partial charge in [-0.1, -0.05) is 18.2 Å². The summed E-state index contributed by atoms with van der Waals surface area (Å²) in [6, 6.07) is 8.06. The molecule has 0 aliphatic carbocycles. The van der Waals surface area contributed by atoms with Gasteiger partial charge in [0, 0.05) is 37.4 Å². The number of benzene rings is 1. The van der Waals surface area contributed by atoms with Crippen molar-refractivity contribution in [2.75, 3.05) is 19.3 Å². The zero-order valence-corrected chi connectivity index (χ0v) is 11.6. The molecule has 1 aromatic heterocycles. The number of pyridine rings is 1. The highest BCUT2D eigenvalue weighted by Crippen LogP contribution is 2.16. The standard InChI is InChI=1S/C13H17N3O2S/c1-19(17,18)16-8-7-15-10-12-4-2-3-11-9-14-6-5-13(11)12/h2-6,9,15-16H,7-8,10H2,1H3. The van der Waals surface area contributed by atoms with Crippen LogP contribution in [0.2, 0.25) is 0 Å². The van der Waals surface area contributed by atoms with Crippen molar-refractivity contribution in [3.63, 3.8) is 0 Å². The molecule has 0 spiro atoms. The molecule has 19 heavy (non-hydrogen) atoms. The summed E-state index contributed by atoms with van der Waals surface area (Å²) in [4.78, 5) is 4.09. The molecule has 2 N–H and O–H groups in total. The van der Waals surface area contributed by atoms with E-state index in [1.54, 1.807) is 6.20 Å². The van der Waals surface area contributed by atoms with Gasteiger partial charge in [0.25, 0.3) is 0 Å². The number of rotatable bonds is 6. The Morgan fingerprint density at radius 1 is 1.21 bits per heavy atom. The van der Waals surface area contributed by atoms with E-state index in [4.69, 9.17) is 0 Å². The fourth-order valence-corrected chi connectivity index (χ4v) is 2.36. The zero-order chi connectivity index (χ0) is 13.7. The van der Waals surface area contributed by atoms with Crippen LogP contribution in [-0.2, 0) is 16.6 Å². The van der Waals surface area contributed by atoms with Crippen molar-refractivity contribution in [2.45, 2.75) is 6.54 Å². The van der Waals surface area contributed by atoms with Crippen molar-refractivity contribution in [1.82, 2.24) is 15.0 Å². The second kappa shape index (κ2) is 6.10. The molecule has 0 unspecified atom stereocenters. The summed E-state index contributed by atoms with van der Waals surface area (Å²) in [7, 11) is -3.10. The Hall–Kier alpha value is -1.50. The highest BCUT2D eigenvalue weighted by molar-refractivity contribution is 7.88. The maximum absolute atomic E-state index is 10.9. The number of aromatic nitrogens is 1. The molecule has 6 heteroatoms. The first-order valence-electron chi connectivity index (χ1n) is 6.03. The average Bonchev–Trinajstić information content (AvgIpc) is 2.37. The van der Waals surface area contributed by atoms with Gasteiger partial charge in [-0.15, -0.1) is 0 Å². The molecule has 0 saturated carbocycles. The monoisotopic (exact) mass is 279 g/mol. The van der Waals surface area contributed by atoms with Crippen LogP contribution in [0.15, 0.2) is 36.7 Å². The smallest absolute Gasteiger partial charge is 0.208 e. The summed E-state index contributed by atoms with van der Waals surface area (Å²) in [6.45, 7) is 1.69. The molecule has 0 fully saturated rings. The number of hydrogen-bond acceptors (Lipinski definition) is 4. The molecule has 1 heterocycles. The number of hydrogen-bond donors (Lipinski definition) is 2. The fraction of sp³-hybridized carbons (Fsp3) is 0.308. The topological polar surface area (TPSA) is 71.1 Å². The number of nitrogens with one attached hydrogen (secondary N) is 2. The van der Waals surface area contributed by atoms with Gasteiger partial charge in [-0.2, -0.15) is 0 Å². The number of nitrogens with zero attached hydrogens (tertiary/aromatic N) is 1. The normalized spacial score (nSPS) is 11.8. The van der Waals surface area contributed by atoms with Gasteiger partial charge in [-0.05, 0) is 17.0 Å². The van der Waals surface area contributed by atoms with Crippen LogP contribution >= 0.6 is 0 Å². The summed E-state index contributed by atoms with van der Waals surface area (Å²) >= 11 is 0. The molecule has 0 saturated heterocycles. The maximum Gasteiger partial charge on any atom is 0.208 e. The van der Waals surface area contributed by atoms with E-state index in [1.807, 2.05) is 24.4 Å². The van der Waals surface area contributed by atoms with Crippen LogP contribution in [0.3, 0.4) is 0 Å². The van der Waals surface area contributed by atoms with Gasteiger partial charge < -0.3 is 5.32 Å². The van der Waals surface area contributed by atoms with Crippen LogP contribution in [0.5, 0.6) is 0 Å². The van der Waals surface area contributed by atoms with Crippen LogP contribution in [0.1, 0.15) is 5.56 Å². The van der Waals surface area contributed by atoms with E-state index in [9.17, 15) is 8.42 Å². The van der Waals surface area contributed by atoms with Gasteiger partial charge in [0.05, 0.1) is 6.26 Å². The zero-order valence-electron chi connectivity index (χ0n) is 10.8. The summed E-state index contributed by atoms with van der Waals surface area (Å²) in [6.07, 6.45) is 4.77. The van der Waals surface area contributed by atoms with Gasteiger partial charge in [-0.3, -0.25) is 4.98 Å². The van der Waals surface area contributed by atoms with Crippen LogP contribution in [0, 0.1) is 0 Å². The van der Waals surface area contributed by atoms with E-state index >= 15 is 0 Å². The molecule has 0 radical (unpaired) electrons. The summed E-state index contributed by atoms with van der Waals surface area (Å²) < 4.78 is 24.2. The minimum Gasteiger partial charge on any atom is -0.311 e. The van der Waals surface area contributed by atoms with E-state index in [1.165, 1.54) is 10.9 Å². The Labute approximate surface area is 113 Å². The van der Waals surface area contributed by atoms with Gasteiger partial charge in [0.2, 0.25) is 10.0 Å². The lowest BCUT2D eigenvalue weighted by Crippen LogP contribution is -2.30. The largest absolute Gasteiger partial charge is 0.311 e. The third kappa shape index (κ3) is 4.27. The van der Waals surface area contributed by atoms with Crippen molar-refractivity contribution < 1.29 is 8.42 Å². The van der Waals surface area contributed by atoms with Gasteiger partial charge in [0.15, 0.2) is 0 Å². The third-order valence-electron chi connectivity index (χ3n) is 2.75. The van der Waals surface area contributed by atoms with Crippen LogP contribution < -0.4 is 10.0 Å². The number of sulfonamides is 1. The minimum atomic E-state index is -3.10. The Kier molecular flexibility index (Phi) is 4.47. The van der Waals surface area contributed by atoms with Gasteiger partial charge in [0.1, 0.15) is 0 Å². The second-order valence-electron chi connectivity index (χ2n) is 4.36. The molecule has 0 bridgehead atoms. The second-order valence-corrected chi connectivity index (χ2v) is 6.19. The molecule has 0 atom stereocenters. The van der Waals surface area contributed by atoms with Gasteiger partial charge in [-0.25, -0.2) is 13.1 Å². The molecule has 0 aliphatic heterocycles. The van der Waals surface area contributed by atoms with Gasteiger partial charge >= 0.3 is 0 Å². The van der Waals surface area contributed by atoms with Crippen LogP contribution in [0.4, 0.5) is 0 Å². The van der Waals surface area contributed by atoms with Crippen molar-refractivity contribution in [3.8, 4) is 0 Å². The molecule has 5 nitrogen and oxygen atoms in total. The molecule has 0 amide bonds. The molecule has 102 valence electrons. The first-order valence-corrected chi connectivity index (χ1v) is 7.92. The molecule has 2 rings (SSSR count). The highest BCUT2D eigenvalue weighted by atomic mass is 32.2. The third-order valence-corrected chi connectivity index (χ3v) is 3.48. The van der Waals surface area contributed by atoms with Crippen LogP contribution in [0.25, 0.3) is 10.8 Å². The van der Waals surface area contributed by atoms with Crippen LogP contribution in [-0.4, -0.2) is 32.7 Å². The molecule has 2 aromatic rings. The Balaban J connectivity index is 1.92. The maximum atomic E-state index is 10.9. The number of fused-ring (bicyclic) bond motifs is 1. The predicted molar refractivity (Wildman–Crippen MR) is 76.3 cm³/mol. The van der Waals surface area contributed by atoms with E-state index in [0.29, 0.717) is 19.6 Å². The first-order chi connectivity index (χ1) is 9.06. The minimum absolute atomic E-state index is 0.394. The van der Waals surface area contributed by atoms with E-state index in [0.717, 1.165) is 11.6 Å². The van der Waals surface area contributed by atoms with Crippen molar-refractivity contribution >= 4 is 20.8 Å². The van der Waals surface area contributed by atoms with Crippen molar-refractivity contribution in [3.05, 3.63) is 42.2 Å². The molecule has 0 aliphatic rings. The molecule has 1 aromatic carbocycles. The predicted octanol–water partition coefficient (Wildman–Crippen LogP) is 0.874. The Bertz CT molecular complexity index is 650. The fourth-order valence-electron chi connectivity index (χ4n) is 1.89. The highest BCUT2D eigenvalue weighted by Gasteiger charge is 2.01. The molecular weight excluding hydrogens is 262 g/mol. The summed E-state index contributed by atoms with van der Waals surface area (Å²) in [5.74, 6) is 0. The lowest BCUT2D eigenvalue weighted by Gasteiger charge is -2.08. The Morgan fingerprint density at radius 2 is 2.05 bits per heavy atom. The lowest BCUT2D eigenvalue weighted by molar-refractivity contribution is 0.582. The average molecular weight is 279 g/mol.